The van der Waals surface area contributed by atoms with Crippen LogP contribution in [0.3, 0.4) is 0 Å². The van der Waals surface area contributed by atoms with Gasteiger partial charge >= 0.3 is 6.09 Å². The van der Waals surface area contributed by atoms with E-state index in [1.54, 1.807) is 23.1 Å². The Hall–Kier alpha value is -2.70. The number of nitrogens with zero attached hydrogens (tertiary/aromatic N) is 2. The largest absolute Gasteiger partial charge is 0.444 e. The maximum absolute atomic E-state index is 13.7. The van der Waals surface area contributed by atoms with E-state index in [0.29, 0.717) is 38.0 Å². The van der Waals surface area contributed by atoms with Gasteiger partial charge in [-0.15, -0.1) is 0 Å². The first kappa shape index (κ1) is 22.0. The van der Waals surface area contributed by atoms with Crippen LogP contribution in [0.4, 0.5) is 23.7 Å². The summed E-state index contributed by atoms with van der Waals surface area (Å²) in [5, 5.41) is 0. The predicted octanol–water partition coefficient (Wildman–Crippen LogP) is 5.51. The van der Waals surface area contributed by atoms with Gasteiger partial charge in [-0.2, -0.15) is 0 Å². The van der Waals surface area contributed by atoms with Crippen molar-refractivity contribution >= 4 is 11.8 Å². The molecular weight excluding hydrogens is 393 g/mol. The summed E-state index contributed by atoms with van der Waals surface area (Å²) in [6, 6.07) is 10.0. The number of rotatable bonds is 4. The first-order chi connectivity index (χ1) is 14.1. The summed E-state index contributed by atoms with van der Waals surface area (Å²) < 4.78 is 45.9. The Bertz CT molecular complexity index is 873. The van der Waals surface area contributed by atoms with Crippen LogP contribution in [0.2, 0.25) is 0 Å². The number of amides is 1. The van der Waals surface area contributed by atoms with Crippen LogP contribution in [0.25, 0.3) is 0 Å². The van der Waals surface area contributed by atoms with E-state index in [1.807, 2.05) is 20.8 Å². The van der Waals surface area contributed by atoms with E-state index >= 15 is 0 Å². The molecule has 3 rings (SSSR count). The van der Waals surface area contributed by atoms with Gasteiger partial charge in [0, 0.05) is 31.4 Å². The highest BCUT2D eigenvalue weighted by atomic mass is 19.2. The second-order valence-corrected chi connectivity index (χ2v) is 8.55. The number of hydrogen-bond donors (Lipinski definition) is 0. The molecule has 1 aliphatic heterocycles. The number of benzene rings is 2. The number of anilines is 1. The van der Waals surface area contributed by atoms with Crippen molar-refractivity contribution in [3.8, 4) is 0 Å². The highest BCUT2D eigenvalue weighted by Gasteiger charge is 2.30. The number of carbonyl (C=O) groups is 1. The maximum Gasteiger partial charge on any atom is 0.410 e. The van der Waals surface area contributed by atoms with Gasteiger partial charge in [-0.05, 0) is 75.6 Å². The molecule has 1 fully saturated rings. The molecule has 4 nitrogen and oxygen atoms in total. The Morgan fingerprint density at radius 2 is 1.67 bits per heavy atom. The van der Waals surface area contributed by atoms with Crippen molar-refractivity contribution in [3.63, 3.8) is 0 Å². The molecule has 1 aliphatic rings. The zero-order valence-electron chi connectivity index (χ0n) is 17.5. The molecule has 0 radical (unpaired) electrons. The fourth-order valence-corrected chi connectivity index (χ4v) is 3.59. The van der Waals surface area contributed by atoms with Crippen LogP contribution in [0.1, 0.15) is 39.2 Å². The first-order valence-electron chi connectivity index (χ1n) is 10.1. The van der Waals surface area contributed by atoms with E-state index in [9.17, 15) is 18.0 Å². The van der Waals surface area contributed by atoms with Crippen LogP contribution in [0.5, 0.6) is 0 Å². The van der Waals surface area contributed by atoms with Crippen LogP contribution in [-0.4, -0.2) is 35.7 Å². The number of carbonyl (C=O) groups excluding carboxylic acids is 1. The zero-order valence-corrected chi connectivity index (χ0v) is 17.5. The quantitative estimate of drug-likeness (QED) is 0.654. The lowest BCUT2D eigenvalue weighted by atomic mass is 10.0. The summed E-state index contributed by atoms with van der Waals surface area (Å²) in [6.45, 7) is 6.88. The van der Waals surface area contributed by atoms with Crippen LogP contribution >= 0.6 is 0 Å². The molecule has 0 N–H and O–H groups in total. The standard InChI is InChI=1S/C23H27F3N2O2/c1-23(2,3)30-22(29)27-12-10-19(11-13-27)28(18-7-5-17(24)6-8-18)15-16-4-9-20(25)21(26)14-16/h4-9,14,19H,10-13,15H2,1-3H3. The van der Waals surface area contributed by atoms with Crippen molar-refractivity contribution in [2.75, 3.05) is 18.0 Å². The van der Waals surface area contributed by atoms with Gasteiger partial charge in [-0.25, -0.2) is 18.0 Å². The molecule has 7 heteroatoms. The molecule has 2 aromatic carbocycles. The predicted molar refractivity (Wildman–Crippen MR) is 110 cm³/mol. The van der Waals surface area contributed by atoms with E-state index in [2.05, 4.69) is 4.90 Å². The van der Waals surface area contributed by atoms with Gasteiger partial charge in [0.1, 0.15) is 11.4 Å². The number of halogens is 3. The molecule has 0 aromatic heterocycles. The molecule has 0 saturated carbocycles. The maximum atomic E-state index is 13.7. The summed E-state index contributed by atoms with van der Waals surface area (Å²) in [5.41, 5.74) is 0.852. The SMILES string of the molecule is CC(C)(C)OC(=O)N1CCC(N(Cc2ccc(F)c(F)c2)c2ccc(F)cc2)CC1. The lowest BCUT2D eigenvalue weighted by Crippen LogP contribution is -2.48. The van der Waals surface area contributed by atoms with Crippen LogP contribution in [0.15, 0.2) is 42.5 Å². The molecule has 1 heterocycles. The average Bonchev–Trinajstić information content (AvgIpc) is 2.68. The van der Waals surface area contributed by atoms with Crippen molar-refractivity contribution in [1.82, 2.24) is 4.90 Å². The van der Waals surface area contributed by atoms with Gasteiger partial charge in [-0.1, -0.05) is 6.07 Å². The summed E-state index contributed by atoms with van der Waals surface area (Å²) >= 11 is 0. The van der Waals surface area contributed by atoms with Gasteiger partial charge < -0.3 is 14.5 Å². The van der Waals surface area contributed by atoms with E-state index in [4.69, 9.17) is 4.74 Å². The summed E-state index contributed by atoms with van der Waals surface area (Å²) in [4.78, 5) is 16.1. The molecule has 0 unspecified atom stereocenters. The Morgan fingerprint density at radius 3 is 2.23 bits per heavy atom. The van der Waals surface area contributed by atoms with Crippen LogP contribution in [-0.2, 0) is 11.3 Å². The fourth-order valence-electron chi connectivity index (χ4n) is 3.59. The van der Waals surface area contributed by atoms with E-state index in [1.165, 1.54) is 18.2 Å². The fraction of sp³-hybridized carbons (Fsp3) is 0.435. The minimum Gasteiger partial charge on any atom is -0.444 e. The van der Waals surface area contributed by atoms with Gasteiger partial charge in [-0.3, -0.25) is 0 Å². The second kappa shape index (κ2) is 8.98. The van der Waals surface area contributed by atoms with Gasteiger partial charge in [0.2, 0.25) is 0 Å². The van der Waals surface area contributed by atoms with Gasteiger partial charge in [0.15, 0.2) is 11.6 Å². The molecule has 0 aliphatic carbocycles. The molecule has 0 atom stereocenters. The van der Waals surface area contributed by atoms with Crippen molar-refractivity contribution in [2.45, 2.75) is 51.8 Å². The van der Waals surface area contributed by atoms with Crippen molar-refractivity contribution < 1.29 is 22.7 Å². The second-order valence-electron chi connectivity index (χ2n) is 8.55. The highest BCUT2D eigenvalue weighted by Crippen LogP contribution is 2.27. The number of ether oxygens (including phenoxy) is 1. The Kier molecular flexibility index (Phi) is 6.58. The van der Waals surface area contributed by atoms with E-state index < -0.39 is 17.2 Å². The third-order valence-corrected chi connectivity index (χ3v) is 5.05. The summed E-state index contributed by atoms with van der Waals surface area (Å²) in [7, 11) is 0. The number of likely N-dealkylation sites (tertiary alicyclic amines) is 1. The number of piperidine rings is 1. The molecule has 162 valence electrons. The Morgan fingerprint density at radius 1 is 1.03 bits per heavy atom. The Balaban J connectivity index is 1.75. The molecule has 0 spiro atoms. The molecule has 1 saturated heterocycles. The monoisotopic (exact) mass is 420 g/mol. The van der Waals surface area contributed by atoms with Crippen LogP contribution in [0, 0.1) is 17.5 Å². The lowest BCUT2D eigenvalue weighted by molar-refractivity contribution is 0.0204. The summed E-state index contributed by atoms with van der Waals surface area (Å²) in [5.74, 6) is -2.13. The average molecular weight is 420 g/mol. The third-order valence-electron chi connectivity index (χ3n) is 5.05. The highest BCUT2D eigenvalue weighted by molar-refractivity contribution is 5.68. The topological polar surface area (TPSA) is 32.8 Å². The molecule has 0 bridgehead atoms. The molecular formula is C23H27F3N2O2. The van der Waals surface area contributed by atoms with Crippen molar-refractivity contribution in [3.05, 3.63) is 65.5 Å². The van der Waals surface area contributed by atoms with E-state index in [0.717, 1.165) is 11.8 Å². The minimum absolute atomic E-state index is 0.0577. The molecule has 2 aromatic rings. The molecule has 1 amide bonds. The van der Waals surface area contributed by atoms with Gasteiger partial charge in [0.05, 0.1) is 0 Å². The smallest absolute Gasteiger partial charge is 0.410 e. The third kappa shape index (κ3) is 5.68. The van der Waals surface area contributed by atoms with E-state index in [-0.39, 0.29) is 18.0 Å². The van der Waals surface area contributed by atoms with Gasteiger partial charge in [0.25, 0.3) is 0 Å². The Labute approximate surface area is 175 Å². The molecule has 30 heavy (non-hydrogen) atoms. The van der Waals surface area contributed by atoms with Crippen LogP contribution < -0.4 is 4.90 Å². The van der Waals surface area contributed by atoms with Crippen molar-refractivity contribution in [2.24, 2.45) is 0 Å². The summed E-state index contributed by atoms with van der Waals surface area (Å²) in [6.07, 6.45) is 1.02. The van der Waals surface area contributed by atoms with Crippen molar-refractivity contribution in [1.29, 1.82) is 0 Å². The normalized spacial score (nSPS) is 15.2. The zero-order chi connectivity index (χ0) is 21.9. The minimum atomic E-state index is -0.897. The first-order valence-corrected chi connectivity index (χ1v) is 10.1. The number of hydrogen-bond acceptors (Lipinski definition) is 3. The lowest BCUT2D eigenvalue weighted by Gasteiger charge is -2.40.